The number of carboxylic acids is 1. The fourth-order valence-electron chi connectivity index (χ4n) is 2.20. The van der Waals surface area contributed by atoms with Crippen LogP contribution in [0.5, 0.6) is 5.75 Å². The van der Waals surface area contributed by atoms with Crippen molar-refractivity contribution in [3.63, 3.8) is 0 Å². The van der Waals surface area contributed by atoms with Crippen LogP contribution in [0.15, 0.2) is 18.2 Å². The molecule has 5 heteroatoms. The molecule has 5 nitrogen and oxygen atoms in total. The van der Waals surface area contributed by atoms with E-state index in [-0.39, 0.29) is 19.1 Å². The third-order valence-electron chi connectivity index (χ3n) is 4.13. The van der Waals surface area contributed by atoms with Crippen LogP contribution in [0.3, 0.4) is 0 Å². The Morgan fingerprint density at radius 3 is 2.41 bits per heavy atom. The summed E-state index contributed by atoms with van der Waals surface area (Å²) in [7, 11) is 0. The maximum atomic E-state index is 11.9. The van der Waals surface area contributed by atoms with Gasteiger partial charge in [0.05, 0.1) is 5.41 Å². The number of hydrogen-bond acceptors (Lipinski definition) is 3. The highest BCUT2D eigenvalue weighted by molar-refractivity contribution is 5.80. The van der Waals surface area contributed by atoms with Gasteiger partial charge in [0, 0.05) is 6.54 Å². The highest BCUT2D eigenvalue weighted by atomic mass is 16.5. The molecule has 22 heavy (non-hydrogen) atoms. The van der Waals surface area contributed by atoms with Gasteiger partial charge in [0.25, 0.3) is 5.91 Å². The minimum atomic E-state index is -0.908. The summed E-state index contributed by atoms with van der Waals surface area (Å²) in [5.74, 6) is -0.521. The monoisotopic (exact) mass is 307 g/mol. The van der Waals surface area contributed by atoms with Crippen molar-refractivity contribution in [2.45, 2.75) is 40.5 Å². The van der Waals surface area contributed by atoms with Crippen LogP contribution in [0.1, 0.15) is 37.8 Å². The van der Waals surface area contributed by atoms with Gasteiger partial charge in [-0.2, -0.15) is 0 Å². The summed E-state index contributed by atoms with van der Waals surface area (Å²) in [5, 5.41) is 12.0. The molecule has 0 aliphatic rings. The van der Waals surface area contributed by atoms with Crippen molar-refractivity contribution < 1.29 is 19.4 Å². The molecule has 0 saturated heterocycles. The third kappa shape index (κ3) is 4.48. The molecule has 0 bridgehead atoms. The number of ether oxygens (including phenoxy) is 1. The average molecular weight is 307 g/mol. The van der Waals surface area contributed by atoms with Crippen LogP contribution in [0.2, 0.25) is 0 Å². The van der Waals surface area contributed by atoms with Gasteiger partial charge in [0.1, 0.15) is 5.75 Å². The molecule has 1 aromatic carbocycles. The Morgan fingerprint density at radius 1 is 1.23 bits per heavy atom. The second kappa shape index (κ2) is 7.82. The van der Waals surface area contributed by atoms with E-state index in [1.54, 1.807) is 0 Å². The lowest BCUT2D eigenvalue weighted by molar-refractivity contribution is -0.149. The predicted molar refractivity (Wildman–Crippen MR) is 85.1 cm³/mol. The maximum Gasteiger partial charge on any atom is 0.311 e. The van der Waals surface area contributed by atoms with E-state index < -0.39 is 11.4 Å². The normalized spacial score (nSPS) is 11.1. The number of carbonyl (C=O) groups excluding carboxylic acids is 1. The fourth-order valence-corrected chi connectivity index (χ4v) is 2.20. The first-order chi connectivity index (χ1) is 10.3. The predicted octanol–water partition coefficient (Wildman–Crippen LogP) is 2.69. The molecule has 0 aromatic heterocycles. The largest absolute Gasteiger partial charge is 0.483 e. The Morgan fingerprint density at radius 2 is 1.86 bits per heavy atom. The summed E-state index contributed by atoms with van der Waals surface area (Å²) in [6, 6.07) is 5.79. The molecule has 122 valence electrons. The molecule has 1 amide bonds. The van der Waals surface area contributed by atoms with E-state index >= 15 is 0 Å². The van der Waals surface area contributed by atoms with Crippen LogP contribution >= 0.6 is 0 Å². The zero-order valence-corrected chi connectivity index (χ0v) is 13.7. The molecular weight excluding hydrogens is 282 g/mol. The van der Waals surface area contributed by atoms with Gasteiger partial charge in [-0.3, -0.25) is 9.59 Å². The number of benzene rings is 1. The molecule has 2 N–H and O–H groups in total. The fraction of sp³-hybridized carbons (Fsp3) is 0.529. The quantitative estimate of drug-likeness (QED) is 0.774. The Bertz CT molecular complexity index is 535. The molecule has 1 rings (SSSR count). The summed E-state index contributed by atoms with van der Waals surface area (Å²) in [6.45, 7) is 7.50. The first kappa shape index (κ1) is 18.0. The molecule has 0 saturated carbocycles. The summed E-state index contributed by atoms with van der Waals surface area (Å²) in [4.78, 5) is 23.3. The summed E-state index contributed by atoms with van der Waals surface area (Å²) < 4.78 is 5.51. The minimum Gasteiger partial charge on any atom is -0.483 e. The van der Waals surface area contributed by atoms with Gasteiger partial charge in [0.15, 0.2) is 6.61 Å². The topological polar surface area (TPSA) is 75.6 Å². The van der Waals surface area contributed by atoms with Crippen LogP contribution in [-0.4, -0.2) is 30.1 Å². The van der Waals surface area contributed by atoms with Gasteiger partial charge in [-0.1, -0.05) is 26.0 Å². The lowest BCUT2D eigenvalue weighted by Gasteiger charge is -2.26. The van der Waals surface area contributed by atoms with E-state index in [2.05, 4.69) is 5.32 Å². The second-order valence-corrected chi connectivity index (χ2v) is 5.63. The number of hydrogen-bond donors (Lipinski definition) is 2. The summed E-state index contributed by atoms with van der Waals surface area (Å²) in [6.07, 6.45) is 0.938. The molecule has 1 aromatic rings. The highest BCUT2D eigenvalue weighted by Gasteiger charge is 2.35. The lowest BCUT2D eigenvalue weighted by Crippen LogP contribution is -2.43. The molecule has 0 spiro atoms. The number of amides is 1. The summed E-state index contributed by atoms with van der Waals surface area (Å²) >= 11 is 0. The summed E-state index contributed by atoms with van der Waals surface area (Å²) in [5.41, 5.74) is 1.11. The van der Waals surface area contributed by atoms with E-state index in [4.69, 9.17) is 4.74 Å². The van der Waals surface area contributed by atoms with Crippen LogP contribution in [-0.2, 0) is 9.59 Å². The van der Waals surface area contributed by atoms with Crippen LogP contribution < -0.4 is 10.1 Å². The first-order valence-corrected chi connectivity index (χ1v) is 7.54. The van der Waals surface area contributed by atoms with Gasteiger partial charge in [0.2, 0.25) is 0 Å². The number of nitrogens with one attached hydrogen (secondary N) is 1. The number of aliphatic carboxylic acids is 1. The van der Waals surface area contributed by atoms with Crippen molar-refractivity contribution in [2.75, 3.05) is 13.2 Å². The highest BCUT2D eigenvalue weighted by Crippen LogP contribution is 2.25. The maximum absolute atomic E-state index is 11.9. The van der Waals surface area contributed by atoms with E-state index in [0.717, 1.165) is 11.1 Å². The Balaban J connectivity index is 2.56. The van der Waals surface area contributed by atoms with Crippen LogP contribution in [0, 0.1) is 19.3 Å². The minimum absolute atomic E-state index is 0.115. The van der Waals surface area contributed by atoms with Crippen molar-refractivity contribution >= 4 is 11.9 Å². The third-order valence-corrected chi connectivity index (χ3v) is 4.13. The first-order valence-electron chi connectivity index (χ1n) is 7.54. The van der Waals surface area contributed by atoms with Crippen molar-refractivity contribution in [1.82, 2.24) is 5.32 Å². The van der Waals surface area contributed by atoms with Crippen molar-refractivity contribution in [3.05, 3.63) is 29.3 Å². The number of aryl methyl sites for hydroxylation is 2. The number of rotatable bonds is 8. The van der Waals surface area contributed by atoms with Gasteiger partial charge in [-0.15, -0.1) is 0 Å². The van der Waals surface area contributed by atoms with Crippen LogP contribution in [0.25, 0.3) is 0 Å². The van der Waals surface area contributed by atoms with Crippen molar-refractivity contribution in [1.29, 1.82) is 0 Å². The van der Waals surface area contributed by atoms with E-state index in [0.29, 0.717) is 18.6 Å². The SMILES string of the molecule is CCC(CC)(CNC(=O)COc1cc(C)ccc1C)C(=O)O. The van der Waals surface area contributed by atoms with Gasteiger partial charge in [-0.05, 0) is 43.9 Å². The smallest absolute Gasteiger partial charge is 0.311 e. The second-order valence-electron chi connectivity index (χ2n) is 5.63. The number of carboxylic acid groups (broad SMARTS) is 1. The molecule has 0 aliphatic carbocycles. The Hall–Kier alpha value is -2.04. The molecule has 0 heterocycles. The zero-order chi connectivity index (χ0) is 16.8. The van der Waals surface area contributed by atoms with Crippen molar-refractivity contribution in [3.8, 4) is 5.75 Å². The Labute approximate surface area is 131 Å². The van der Waals surface area contributed by atoms with Gasteiger partial charge < -0.3 is 15.2 Å². The van der Waals surface area contributed by atoms with Crippen LogP contribution in [0.4, 0.5) is 0 Å². The average Bonchev–Trinajstić information content (AvgIpc) is 2.49. The molecule has 0 radical (unpaired) electrons. The molecule has 0 fully saturated rings. The van der Waals surface area contributed by atoms with E-state index in [1.165, 1.54) is 0 Å². The van der Waals surface area contributed by atoms with E-state index in [1.807, 2.05) is 45.9 Å². The lowest BCUT2D eigenvalue weighted by atomic mass is 9.82. The molecule has 0 aliphatic heterocycles. The molecular formula is C17H25NO4. The zero-order valence-electron chi connectivity index (χ0n) is 13.7. The Kier molecular flexibility index (Phi) is 6.40. The number of carbonyl (C=O) groups is 2. The van der Waals surface area contributed by atoms with E-state index in [9.17, 15) is 14.7 Å². The van der Waals surface area contributed by atoms with Gasteiger partial charge >= 0.3 is 5.97 Å². The molecule has 0 atom stereocenters. The molecule has 0 unspecified atom stereocenters. The van der Waals surface area contributed by atoms with Crippen molar-refractivity contribution in [2.24, 2.45) is 5.41 Å². The standard InChI is InChI=1S/C17H25NO4/c1-5-17(6-2,16(20)21)11-18-15(19)10-22-14-9-12(3)7-8-13(14)4/h7-9H,5-6,10-11H2,1-4H3,(H,18,19)(H,20,21). The van der Waals surface area contributed by atoms with Gasteiger partial charge in [-0.25, -0.2) is 0 Å².